The van der Waals surface area contributed by atoms with Crippen molar-refractivity contribution in [3.05, 3.63) is 47.3 Å². The number of carbonyl (C=O) groups excluding carboxylic acids is 1. The molecule has 1 saturated carbocycles. The molecule has 0 unspecified atom stereocenters. The summed E-state index contributed by atoms with van der Waals surface area (Å²) in [5, 5.41) is 11.3. The Morgan fingerprint density at radius 2 is 1.78 bits per heavy atom. The van der Waals surface area contributed by atoms with Crippen molar-refractivity contribution in [2.24, 2.45) is 0 Å². The van der Waals surface area contributed by atoms with E-state index in [0.717, 1.165) is 29.2 Å². The summed E-state index contributed by atoms with van der Waals surface area (Å²) in [5.41, 5.74) is 4.00. The summed E-state index contributed by atoms with van der Waals surface area (Å²) in [6, 6.07) is 10.7. The van der Waals surface area contributed by atoms with Gasteiger partial charge in [0.15, 0.2) is 0 Å². The van der Waals surface area contributed by atoms with Crippen molar-refractivity contribution in [2.75, 3.05) is 13.1 Å². The summed E-state index contributed by atoms with van der Waals surface area (Å²) in [6.45, 7) is 5.53. The van der Waals surface area contributed by atoms with Crippen LogP contribution < -0.4 is 10.6 Å². The van der Waals surface area contributed by atoms with Gasteiger partial charge in [-0.05, 0) is 38.8 Å². The Morgan fingerprint density at radius 3 is 2.48 bits per heavy atom. The smallest absolute Gasteiger partial charge is 0.224 e. The summed E-state index contributed by atoms with van der Waals surface area (Å²) in [6.07, 6.45) is 8.31. The molecule has 146 valence electrons. The number of hydrogen-bond acceptors (Lipinski definition) is 3. The van der Waals surface area contributed by atoms with E-state index in [0.29, 0.717) is 19.0 Å². The molecular weight excluding hydrogens is 336 g/mol. The van der Waals surface area contributed by atoms with Crippen molar-refractivity contribution >= 4 is 5.91 Å². The molecule has 1 fully saturated rings. The molecule has 1 aliphatic carbocycles. The average Bonchev–Trinajstić information content (AvgIpc) is 2.86. The number of aryl methyl sites for hydroxylation is 1. The van der Waals surface area contributed by atoms with Crippen molar-refractivity contribution < 1.29 is 4.79 Å². The zero-order chi connectivity index (χ0) is 19.1. The fourth-order valence-corrected chi connectivity index (χ4v) is 3.94. The van der Waals surface area contributed by atoms with Gasteiger partial charge in [0.2, 0.25) is 5.91 Å². The van der Waals surface area contributed by atoms with E-state index in [2.05, 4.69) is 15.7 Å². The lowest BCUT2D eigenvalue weighted by atomic mass is 10.1. The van der Waals surface area contributed by atoms with Gasteiger partial charge >= 0.3 is 0 Å². The number of aromatic nitrogens is 2. The number of carbonyl (C=O) groups is 1. The second kappa shape index (κ2) is 9.70. The molecule has 0 bridgehead atoms. The molecule has 1 amide bonds. The van der Waals surface area contributed by atoms with Crippen molar-refractivity contribution in [1.82, 2.24) is 20.4 Å². The minimum Gasteiger partial charge on any atom is -0.355 e. The van der Waals surface area contributed by atoms with Crippen LogP contribution in [0.15, 0.2) is 30.3 Å². The van der Waals surface area contributed by atoms with Crippen LogP contribution in [0.2, 0.25) is 0 Å². The maximum Gasteiger partial charge on any atom is 0.224 e. The third kappa shape index (κ3) is 5.42. The molecule has 5 nitrogen and oxygen atoms in total. The molecule has 1 aromatic heterocycles. The Morgan fingerprint density at radius 1 is 1.07 bits per heavy atom. The Bertz CT molecular complexity index is 730. The average molecular weight is 369 g/mol. The first kappa shape index (κ1) is 19.6. The Balaban J connectivity index is 1.48. The number of para-hydroxylation sites is 1. The van der Waals surface area contributed by atoms with Gasteiger partial charge in [-0.3, -0.25) is 4.79 Å². The lowest BCUT2D eigenvalue weighted by Gasteiger charge is -2.16. The van der Waals surface area contributed by atoms with E-state index < -0.39 is 0 Å². The van der Waals surface area contributed by atoms with Crippen molar-refractivity contribution in [2.45, 2.75) is 64.8 Å². The lowest BCUT2D eigenvalue weighted by molar-refractivity contribution is -0.120. The highest BCUT2D eigenvalue weighted by Gasteiger charge is 2.16. The number of benzene rings is 1. The van der Waals surface area contributed by atoms with Crippen LogP contribution in [0, 0.1) is 13.8 Å². The fourth-order valence-electron chi connectivity index (χ4n) is 3.94. The number of nitrogens with zero attached hydrogens (tertiary/aromatic N) is 2. The normalized spacial score (nSPS) is 15.5. The van der Waals surface area contributed by atoms with E-state index in [-0.39, 0.29) is 5.91 Å². The van der Waals surface area contributed by atoms with Gasteiger partial charge in [0.05, 0.1) is 17.8 Å². The van der Waals surface area contributed by atoms with Crippen LogP contribution in [0.3, 0.4) is 0 Å². The third-order valence-corrected chi connectivity index (χ3v) is 5.51. The quantitative estimate of drug-likeness (QED) is 0.581. The molecule has 5 heteroatoms. The van der Waals surface area contributed by atoms with E-state index in [1.54, 1.807) is 0 Å². The van der Waals surface area contributed by atoms with Crippen LogP contribution in [-0.4, -0.2) is 34.8 Å². The molecule has 1 aliphatic rings. The lowest BCUT2D eigenvalue weighted by Crippen LogP contribution is -2.37. The highest BCUT2D eigenvalue weighted by atomic mass is 16.1. The molecule has 2 aromatic rings. The van der Waals surface area contributed by atoms with Gasteiger partial charge in [0.25, 0.3) is 0 Å². The first-order valence-electron chi connectivity index (χ1n) is 10.3. The van der Waals surface area contributed by atoms with Gasteiger partial charge in [-0.2, -0.15) is 5.10 Å². The molecule has 0 aliphatic heterocycles. The van der Waals surface area contributed by atoms with Gasteiger partial charge in [-0.25, -0.2) is 4.68 Å². The molecule has 27 heavy (non-hydrogen) atoms. The minimum absolute atomic E-state index is 0.0662. The second-order valence-electron chi connectivity index (χ2n) is 7.57. The van der Waals surface area contributed by atoms with E-state index in [1.807, 2.05) is 48.9 Å². The highest BCUT2D eigenvalue weighted by molar-refractivity contribution is 5.79. The van der Waals surface area contributed by atoms with Gasteiger partial charge < -0.3 is 10.6 Å². The summed E-state index contributed by atoms with van der Waals surface area (Å²) >= 11 is 0. The van der Waals surface area contributed by atoms with Crippen molar-refractivity contribution in [1.29, 1.82) is 0 Å². The second-order valence-corrected chi connectivity index (χ2v) is 7.57. The Hall–Kier alpha value is -2.14. The molecule has 1 aromatic carbocycles. The van der Waals surface area contributed by atoms with Crippen LogP contribution in [0.5, 0.6) is 0 Å². The fraction of sp³-hybridized carbons (Fsp3) is 0.545. The predicted molar refractivity (Wildman–Crippen MR) is 109 cm³/mol. The van der Waals surface area contributed by atoms with Crippen molar-refractivity contribution in [3.63, 3.8) is 0 Å². The number of nitrogens with one attached hydrogen (secondary N) is 2. The minimum atomic E-state index is 0.0662. The molecule has 0 atom stereocenters. The zero-order valence-electron chi connectivity index (χ0n) is 16.6. The first-order chi connectivity index (χ1) is 13.1. The highest BCUT2D eigenvalue weighted by Crippen LogP contribution is 2.18. The predicted octanol–water partition coefficient (Wildman–Crippen LogP) is 3.46. The molecule has 3 rings (SSSR count). The molecule has 0 radical (unpaired) electrons. The molecule has 0 saturated heterocycles. The summed E-state index contributed by atoms with van der Waals surface area (Å²) in [5.74, 6) is 0.0662. The van der Waals surface area contributed by atoms with Gasteiger partial charge in [-0.15, -0.1) is 0 Å². The molecule has 1 heterocycles. The Labute approximate surface area is 162 Å². The van der Waals surface area contributed by atoms with Gasteiger partial charge in [-0.1, -0.05) is 43.9 Å². The van der Waals surface area contributed by atoms with Crippen LogP contribution in [-0.2, 0) is 11.2 Å². The van der Waals surface area contributed by atoms with Crippen LogP contribution >= 0.6 is 0 Å². The standard InChI is InChI=1S/C22H32N4O/c1-17-21(18(2)26(25-17)20-12-8-5-9-13-20)16-22(27)24-15-14-23-19-10-6-3-4-7-11-19/h5,8-9,12-13,19,23H,3-4,6-7,10-11,14-16H2,1-2H3,(H,24,27). The largest absolute Gasteiger partial charge is 0.355 e. The summed E-state index contributed by atoms with van der Waals surface area (Å²) in [4.78, 5) is 12.4. The third-order valence-electron chi connectivity index (χ3n) is 5.51. The maximum absolute atomic E-state index is 12.4. The monoisotopic (exact) mass is 368 g/mol. The number of rotatable bonds is 7. The van der Waals surface area contributed by atoms with E-state index >= 15 is 0 Å². The molecular formula is C22H32N4O. The number of hydrogen-bond donors (Lipinski definition) is 2. The van der Waals surface area contributed by atoms with Crippen molar-refractivity contribution in [3.8, 4) is 5.69 Å². The zero-order valence-corrected chi connectivity index (χ0v) is 16.6. The van der Waals surface area contributed by atoms with E-state index in [4.69, 9.17) is 0 Å². The van der Waals surface area contributed by atoms with Gasteiger partial charge in [0, 0.05) is 30.4 Å². The first-order valence-corrected chi connectivity index (χ1v) is 10.3. The van der Waals surface area contributed by atoms with Crippen LogP contribution in [0.25, 0.3) is 5.69 Å². The topological polar surface area (TPSA) is 59.0 Å². The molecule has 0 spiro atoms. The summed E-state index contributed by atoms with van der Waals surface area (Å²) in [7, 11) is 0. The molecule has 2 N–H and O–H groups in total. The number of amides is 1. The van der Waals surface area contributed by atoms with E-state index in [9.17, 15) is 4.79 Å². The van der Waals surface area contributed by atoms with Crippen LogP contribution in [0.4, 0.5) is 0 Å². The van der Waals surface area contributed by atoms with E-state index in [1.165, 1.54) is 38.5 Å². The maximum atomic E-state index is 12.4. The SMILES string of the molecule is Cc1nn(-c2ccccc2)c(C)c1CC(=O)NCCNC1CCCCCC1. The van der Waals surface area contributed by atoms with Crippen LogP contribution in [0.1, 0.15) is 55.5 Å². The Kier molecular flexibility index (Phi) is 7.04. The summed E-state index contributed by atoms with van der Waals surface area (Å²) < 4.78 is 1.92. The van der Waals surface area contributed by atoms with Gasteiger partial charge in [0.1, 0.15) is 0 Å².